The van der Waals surface area contributed by atoms with Gasteiger partial charge in [0.05, 0.1) is 6.61 Å². The number of carbonyl (C=O) groups excluding carboxylic acids is 1. The van der Waals surface area contributed by atoms with Crippen molar-refractivity contribution in [3.8, 4) is 0 Å². The van der Waals surface area contributed by atoms with Crippen molar-refractivity contribution in [1.82, 2.24) is 5.32 Å². The highest BCUT2D eigenvalue weighted by Gasteiger charge is 2.38. The molecule has 0 aliphatic rings. The Morgan fingerprint density at radius 1 is 1.26 bits per heavy atom. The molecule has 0 aliphatic carbocycles. The highest BCUT2D eigenvalue weighted by molar-refractivity contribution is 5.73. The quantitative estimate of drug-likeness (QED) is 0.632. The number of alkyl halides is 3. The van der Waals surface area contributed by atoms with Crippen LogP contribution in [0.3, 0.4) is 0 Å². The number of carbonyl (C=O) groups is 2. The molecule has 0 aromatic heterocycles. The molecule has 1 aromatic rings. The number of amides is 1. The van der Waals surface area contributed by atoms with E-state index >= 15 is 0 Å². The first kappa shape index (κ1) is 20.7. The van der Waals surface area contributed by atoms with E-state index in [1.54, 1.807) is 0 Å². The number of nitrogens with one attached hydrogen (secondary N) is 1. The molecule has 0 aliphatic heterocycles. The summed E-state index contributed by atoms with van der Waals surface area (Å²) in [5.41, 5.74) is 6.33. The first-order chi connectivity index (χ1) is 10.7. The van der Waals surface area contributed by atoms with Gasteiger partial charge in [0, 0.05) is 12.6 Å². The Labute approximate surface area is 129 Å². The molecule has 1 atom stereocenters. The van der Waals surface area contributed by atoms with Gasteiger partial charge in [-0.2, -0.15) is 13.2 Å². The SMILES string of the molecule is NC(CO)CNC(=O)OCc1ccccc1.O=C(O)C(F)(F)F. The van der Waals surface area contributed by atoms with Gasteiger partial charge in [0.15, 0.2) is 0 Å². The number of ether oxygens (including phenoxy) is 1. The van der Waals surface area contributed by atoms with Crippen LogP contribution >= 0.6 is 0 Å². The zero-order valence-electron chi connectivity index (χ0n) is 11.9. The molecule has 10 heteroatoms. The molecule has 5 N–H and O–H groups in total. The minimum atomic E-state index is -5.08. The maximum Gasteiger partial charge on any atom is 0.490 e. The molecule has 0 bridgehead atoms. The van der Waals surface area contributed by atoms with Gasteiger partial charge in [-0.15, -0.1) is 0 Å². The molecule has 0 saturated heterocycles. The number of halogens is 3. The van der Waals surface area contributed by atoms with E-state index in [-0.39, 0.29) is 19.8 Å². The van der Waals surface area contributed by atoms with Crippen molar-refractivity contribution < 1.29 is 37.7 Å². The zero-order chi connectivity index (χ0) is 17.9. The standard InChI is InChI=1S/C11H16N2O3.C2HF3O2/c12-10(7-14)6-13-11(15)16-8-9-4-2-1-3-5-9;3-2(4,5)1(6)7/h1-5,10,14H,6-8,12H2,(H,13,15);(H,6,7). The van der Waals surface area contributed by atoms with E-state index in [2.05, 4.69) is 5.32 Å². The van der Waals surface area contributed by atoms with Crippen LogP contribution in [0.1, 0.15) is 5.56 Å². The van der Waals surface area contributed by atoms with E-state index < -0.39 is 24.3 Å². The predicted octanol–water partition coefficient (Wildman–Crippen LogP) is 0.866. The fourth-order valence-corrected chi connectivity index (χ4v) is 1.05. The topological polar surface area (TPSA) is 122 Å². The first-order valence-electron chi connectivity index (χ1n) is 6.28. The summed E-state index contributed by atoms with van der Waals surface area (Å²) in [6, 6.07) is 8.92. The van der Waals surface area contributed by atoms with Gasteiger partial charge in [-0.1, -0.05) is 30.3 Å². The van der Waals surface area contributed by atoms with Crippen LogP contribution in [-0.4, -0.2) is 47.6 Å². The van der Waals surface area contributed by atoms with Crippen LogP contribution in [0, 0.1) is 0 Å². The summed E-state index contributed by atoms with van der Waals surface area (Å²) in [5, 5.41) is 18.2. The number of aliphatic carboxylic acids is 1. The van der Waals surface area contributed by atoms with Crippen LogP contribution in [-0.2, 0) is 16.1 Å². The Bertz CT molecular complexity index is 482. The maximum atomic E-state index is 11.2. The minimum absolute atomic E-state index is 0.168. The number of aliphatic hydroxyl groups is 1. The van der Waals surface area contributed by atoms with Crippen LogP contribution < -0.4 is 11.1 Å². The zero-order valence-corrected chi connectivity index (χ0v) is 11.9. The van der Waals surface area contributed by atoms with E-state index in [0.717, 1.165) is 5.56 Å². The summed E-state index contributed by atoms with van der Waals surface area (Å²) in [6.45, 7) is 0.254. The van der Waals surface area contributed by atoms with Crippen LogP contribution in [0.15, 0.2) is 30.3 Å². The number of aliphatic hydroxyl groups excluding tert-OH is 1. The van der Waals surface area contributed by atoms with Gasteiger partial charge in [0.25, 0.3) is 0 Å². The maximum absolute atomic E-state index is 11.2. The molecular formula is C13H17F3N2O5. The number of rotatable bonds is 5. The molecule has 1 rings (SSSR count). The van der Waals surface area contributed by atoms with E-state index in [9.17, 15) is 18.0 Å². The summed E-state index contributed by atoms with van der Waals surface area (Å²) < 4.78 is 36.7. The Morgan fingerprint density at radius 2 is 1.78 bits per heavy atom. The van der Waals surface area contributed by atoms with E-state index in [4.69, 9.17) is 25.5 Å². The van der Waals surface area contributed by atoms with E-state index in [0.29, 0.717) is 0 Å². The Morgan fingerprint density at radius 3 is 2.22 bits per heavy atom. The number of carboxylic acids is 1. The lowest BCUT2D eigenvalue weighted by Crippen LogP contribution is -2.39. The van der Waals surface area contributed by atoms with Crippen LogP contribution in [0.2, 0.25) is 0 Å². The molecule has 0 spiro atoms. The highest BCUT2D eigenvalue weighted by Crippen LogP contribution is 2.13. The van der Waals surface area contributed by atoms with Crippen LogP contribution in [0.4, 0.5) is 18.0 Å². The number of carboxylic acid groups (broad SMARTS) is 1. The van der Waals surface area contributed by atoms with Crippen molar-refractivity contribution in [2.75, 3.05) is 13.2 Å². The number of nitrogens with two attached hydrogens (primary N) is 1. The largest absolute Gasteiger partial charge is 0.490 e. The molecule has 23 heavy (non-hydrogen) atoms. The monoisotopic (exact) mass is 338 g/mol. The molecule has 130 valence electrons. The molecule has 0 fully saturated rings. The molecule has 7 nitrogen and oxygen atoms in total. The average molecular weight is 338 g/mol. The smallest absolute Gasteiger partial charge is 0.475 e. The average Bonchev–Trinajstić information content (AvgIpc) is 2.51. The third-order valence-corrected chi connectivity index (χ3v) is 2.20. The number of benzene rings is 1. The van der Waals surface area contributed by atoms with Gasteiger partial charge >= 0.3 is 18.2 Å². The fraction of sp³-hybridized carbons (Fsp3) is 0.385. The molecule has 0 saturated carbocycles. The minimum Gasteiger partial charge on any atom is -0.475 e. The highest BCUT2D eigenvalue weighted by atomic mass is 19.4. The van der Waals surface area contributed by atoms with Crippen LogP contribution in [0.25, 0.3) is 0 Å². The molecule has 1 unspecified atom stereocenters. The van der Waals surface area contributed by atoms with Crippen molar-refractivity contribution in [3.05, 3.63) is 35.9 Å². The van der Waals surface area contributed by atoms with Gasteiger partial charge in [0.2, 0.25) is 0 Å². The third-order valence-electron chi connectivity index (χ3n) is 2.20. The second kappa shape index (κ2) is 10.4. The van der Waals surface area contributed by atoms with Gasteiger partial charge in [-0.25, -0.2) is 9.59 Å². The third kappa shape index (κ3) is 11.0. The Balaban J connectivity index is 0.000000585. The summed E-state index contributed by atoms with van der Waals surface area (Å²) in [5.74, 6) is -2.76. The predicted molar refractivity (Wildman–Crippen MR) is 73.4 cm³/mol. The number of alkyl carbamates (subject to hydrolysis) is 1. The van der Waals surface area contributed by atoms with Crippen molar-refractivity contribution in [2.24, 2.45) is 5.73 Å². The van der Waals surface area contributed by atoms with Gasteiger partial charge in [-0.3, -0.25) is 0 Å². The van der Waals surface area contributed by atoms with Crippen molar-refractivity contribution >= 4 is 12.1 Å². The fourth-order valence-electron chi connectivity index (χ4n) is 1.05. The summed E-state index contributed by atoms with van der Waals surface area (Å²) >= 11 is 0. The van der Waals surface area contributed by atoms with Crippen LogP contribution in [0.5, 0.6) is 0 Å². The van der Waals surface area contributed by atoms with Crippen molar-refractivity contribution in [3.63, 3.8) is 0 Å². The van der Waals surface area contributed by atoms with Gasteiger partial charge < -0.3 is 26.0 Å². The normalized spacial score (nSPS) is 11.7. The number of hydrogen-bond acceptors (Lipinski definition) is 5. The molecule has 0 radical (unpaired) electrons. The lowest BCUT2D eigenvalue weighted by atomic mass is 10.2. The molecule has 1 aromatic carbocycles. The second-order valence-corrected chi connectivity index (χ2v) is 4.19. The van der Waals surface area contributed by atoms with Gasteiger partial charge in [-0.05, 0) is 5.56 Å². The van der Waals surface area contributed by atoms with Crippen molar-refractivity contribution in [1.29, 1.82) is 0 Å². The first-order valence-corrected chi connectivity index (χ1v) is 6.28. The van der Waals surface area contributed by atoms with Gasteiger partial charge in [0.1, 0.15) is 6.61 Å². The summed E-state index contributed by atoms with van der Waals surface area (Å²) in [6.07, 6.45) is -5.62. The summed E-state index contributed by atoms with van der Waals surface area (Å²) in [7, 11) is 0. The lowest BCUT2D eigenvalue weighted by molar-refractivity contribution is -0.192. The van der Waals surface area contributed by atoms with E-state index in [1.165, 1.54) is 0 Å². The number of hydrogen-bond donors (Lipinski definition) is 4. The molecule has 1 amide bonds. The molecular weight excluding hydrogens is 321 g/mol. The Hall–Kier alpha value is -2.33. The molecule has 0 heterocycles. The summed E-state index contributed by atoms with van der Waals surface area (Å²) in [4.78, 5) is 20.1. The van der Waals surface area contributed by atoms with Crippen molar-refractivity contribution in [2.45, 2.75) is 18.8 Å². The Kier molecular flexibility index (Phi) is 9.35. The second-order valence-electron chi connectivity index (χ2n) is 4.19. The van der Waals surface area contributed by atoms with E-state index in [1.807, 2.05) is 30.3 Å². The lowest BCUT2D eigenvalue weighted by Gasteiger charge is -2.10.